The van der Waals surface area contributed by atoms with Gasteiger partial charge in [-0.05, 0) is 30.6 Å². The van der Waals surface area contributed by atoms with Gasteiger partial charge in [-0.2, -0.15) is 4.37 Å². The van der Waals surface area contributed by atoms with E-state index in [0.717, 1.165) is 15.9 Å². The molecule has 0 fully saturated rings. The van der Waals surface area contributed by atoms with Gasteiger partial charge >= 0.3 is 0 Å². The summed E-state index contributed by atoms with van der Waals surface area (Å²) in [6.45, 7) is 3.87. The Hall–Kier alpha value is -1.42. The van der Waals surface area contributed by atoms with Gasteiger partial charge in [0.1, 0.15) is 5.00 Å². The molecule has 1 amide bonds. The summed E-state index contributed by atoms with van der Waals surface area (Å²) >= 11 is 1.33. The molecule has 1 N–H and O–H groups in total. The number of benzene rings is 1. The molecule has 0 spiro atoms. The Labute approximate surface area is 92.3 Å². The van der Waals surface area contributed by atoms with Crippen molar-refractivity contribution >= 4 is 33.3 Å². The zero-order valence-electron chi connectivity index (χ0n) is 8.70. The van der Waals surface area contributed by atoms with Crippen molar-refractivity contribution < 1.29 is 4.79 Å². The van der Waals surface area contributed by atoms with Crippen molar-refractivity contribution in [3.63, 3.8) is 0 Å². The number of aryl methyl sites for hydroxylation is 1. The predicted octanol–water partition coefficient (Wildman–Crippen LogP) is 2.95. The Morgan fingerprint density at radius 1 is 1.53 bits per heavy atom. The fraction of sp³-hybridized carbons (Fsp3) is 0.273. The maximum absolute atomic E-state index is 11.3. The van der Waals surface area contributed by atoms with Gasteiger partial charge in [-0.15, -0.1) is 0 Å². The van der Waals surface area contributed by atoms with E-state index < -0.39 is 0 Å². The number of carbonyl (C=O) groups excluding carboxylic acids is 1. The molecular weight excluding hydrogens is 208 g/mol. The molecule has 3 nitrogen and oxygen atoms in total. The van der Waals surface area contributed by atoms with Crippen molar-refractivity contribution in [2.75, 3.05) is 5.32 Å². The van der Waals surface area contributed by atoms with Crippen LogP contribution in [0.15, 0.2) is 18.2 Å². The molecule has 0 saturated carbocycles. The van der Waals surface area contributed by atoms with Crippen LogP contribution in [0.25, 0.3) is 10.9 Å². The summed E-state index contributed by atoms with van der Waals surface area (Å²) in [5.74, 6) is 0.0297. The van der Waals surface area contributed by atoms with E-state index in [-0.39, 0.29) is 5.91 Å². The molecule has 0 aliphatic carbocycles. The van der Waals surface area contributed by atoms with Crippen LogP contribution in [0.1, 0.15) is 18.9 Å². The Morgan fingerprint density at radius 3 is 3.07 bits per heavy atom. The largest absolute Gasteiger partial charge is 0.316 e. The maximum atomic E-state index is 11.3. The summed E-state index contributed by atoms with van der Waals surface area (Å²) in [7, 11) is 0. The predicted molar refractivity (Wildman–Crippen MR) is 63.3 cm³/mol. The molecular formula is C11H12N2OS. The summed E-state index contributed by atoms with van der Waals surface area (Å²) in [5, 5.41) is 4.74. The molecule has 1 aromatic carbocycles. The molecule has 2 rings (SSSR count). The number of nitrogens with zero attached hydrogens (tertiary/aromatic N) is 1. The molecule has 0 aliphatic rings. The molecule has 0 atom stereocenters. The van der Waals surface area contributed by atoms with Crippen LogP contribution >= 0.6 is 11.5 Å². The number of rotatable bonds is 2. The van der Waals surface area contributed by atoms with Gasteiger partial charge in [0.25, 0.3) is 0 Å². The topological polar surface area (TPSA) is 42.0 Å². The third kappa shape index (κ3) is 1.99. The van der Waals surface area contributed by atoms with E-state index in [9.17, 15) is 4.79 Å². The second-order valence-electron chi connectivity index (χ2n) is 3.43. The fourth-order valence-corrected chi connectivity index (χ4v) is 2.13. The van der Waals surface area contributed by atoms with Gasteiger partial charge in [-0.25, -0.2) is 0 Å². The van der Waals surface area contributed by atoms with Crippen molar-refractivity contribution in [2.45, 2.75) is 20.3 Å². The molecule has 0 radical (unpaired) electrons. The van der Waals surface area contributed by atoms with E-state index in [2.05, 4.69) is 9.69 Å². The monoisotopic (exact) mass is 220 g/mol. The van der Waals surface area contributed by atoms with Gasteiger partial charge < -0.3 is 5.32 Å². The number of anilines is 1. The van der Waals surface area contributed by atoms with Crippen LogP contribution in [-0.4, -0.2) is 10.3 Å². The van der Waals surface area contributed by atoms with Gasteiger partial charge in [0.2, 0.25) is 5.91 Å². The van der Waals surface area contributed by atoms with Gasteiger partial charge in [0.15, 0.2) is 0 Å². The fourth-order valence-electron chi connectivity index (χ4n) is 1.36. The lowest BCUT2D eigenvalue weighted by Crippen LogP contribution is -2.08. The smallest absolute Gasteiger partial charge is 0.224 e. The van der Waals surface area contributed by atoms with Crippen LogP contribution in [0, 0.1) is 6.92 Å². The van der Waals surface area contributed by atoms with E-state index in [1.165, 1.54) is 17.1 Å². The molecule has 2 aromatic rings. The van der Waals surface area contributed by atoms with E-state index in [0.29, 0.717) is 6.42 Å². The molecule has 0 unspecified atom stereocenters. The molecule has 78 valence electrons. The SMILES string of the molecule is CCC(=O)Nc1snc2ccc(C)cc12. The van der Waals surface area contributed by atoms with Crippen LogP contribution < -0.4 is 5.32 Å². The number of hydrogen-bond acceptors (Lipinski definition) is 3. The Balaban J connectivity index is 2.43. The van der Waals surface area contributed by atoms with Crippen molar-refractivity contribution in [1.82, 2.24) is 4.37 Å². The highest BCUT2D eigenvalue weighted by molar-refractivity contribution is 7.12. The summed E-state index contributed by atoms with van der Waals surface area (Å²) in [5.41, 5.74) is 2.12. The van der Waals surface area contributed by atoms with Gasteiger partial charge in [-0.1, -0.05) is 18.6 Å². The van der Waals surface area contributed by atoms with Crippen molar-refractivity contribution in [3.8, 4) is 0 Å². The van der Waals surface area contributed by atoms with Crippen molar-refractivity contribution in [1.29, 1.82) is 0 Å². The van der Waals surface area contributed by atoms with E-state index >= 15 is 0 Å². The number of nitrogens with one attached hydrogen (secondary N) is 1. The van der Waals surface area contributed by atoms with E-state index in [1.54, 1.807) is 0 Å². The summed E-state index contributed by atoms with van der Waals surface area (Å²) in [6.07, 6.45) is 0.491. The minimum atomic E-state index is 0.0297. The van der Waals surface area contributed by atoms with Crippen molar-refractivity contribution in [3.05, 3.63) is 23.8 Å². The third-order valence-electron chi connectivity index (χ3n) is 2.21. The number of aromatic nitrogens is 1. The Morgan fingerprint density at radius 2 is 2.33 bits per heavy atom. The first-order valence-corrected chi connectivity index (χ1v) is 5.64. The third-order valence-corrected chi connectivity index (χ3v) is 3.00. The average Bonchev–Trinajstić information content (AvgIpc) is 2.61. The summed E-state index contributed by atoms with van der Waals surface area (Å²) < 4.78 is 4.27. The van der Waals surface area contributed by atoms with Gasteiger partial charge in [-0.3, -0.25) is 4.79 Å². The van der Waals surface area contributed by atoms with Gasteiger partial charge in [0, 0.05) is 11.8 Å². The second kappa shape index (κ2) is 3.98. The second-order valence-corrected chi connectivity index (χ2v) is 4.21. The van der Waals surface area contributed by atoms with E-state index in [1.807, 2.05) is 32.0 Å². The molecule has 0 bridgehead atoms. The lowest BCUT2D eigenvalue weighted by Gasteiger charge is -1.99. The van der Waals surface area contributed by atoms with Crippen LogP contribution in [-0.2, 0) is 4.79 Å². The van der Waals surface area contributed by atoms with Gasteiger partial charge in [0.05, 0.1) is 5.52 Å². The lowest BCUT2D eigenvalue weighted by molar-refractivity contribution is -0.115. The average molecular weight is 220 g/mol. The minimum absolute atomic E-state index is 0.0297. The van der Waals surface area contributed by atoms with Crippen LogP contribution in [0.4, 0.5) is 5.00 Å². The van der Waals surface area contributed by atoms with Crippen LogP contribution in [0.2, 0.25) is 0 Å². The van der Waals surface area contributed by atoms with E-state index in [4.69, 9.17) is 0 Å². The molecule has 4 heteroatoms. The quantitative estimate of drug-likeness (QED) is 0.845. The Kier molecular flexibility index (Phi) is 2.68. The molecule has 0 aliphatic heterocycles. The zero-order chi connectivity index (χ0) is 10.8. The standard InChI is InChI=1S/C11H12N2OS/c1-3-10(14)12-11-8-6-7(2)4-5-9(8)13-15-11/h4-6H,3H2,1-2H3,(H,12,14). The Bertz CT molecular complexity index is 504. The molecule has 1 heterocycles. The lowest BCUT2D eigenvalue weighted by atomic mass is 10.2. The first-order valence-electron chi connectivity index (χ1n) is 4.86. The first-order chi connectivity index (χ1) is 7.20. The minimum Gasteiger partial charge on any atom is -0.316 e. The number of amides is 1. The highest BCUT2D eigenvalue weighted by Gasteiger charge is 2.07. The molecule has 15 heavy (non-hydrogen) atoms. The molecule has 0 saturated heterocycles. The highest BCUT2D eigenvalue weighted by Crippen LogP contribution is 2.28. The zero-order valence-corrected chi connectivity index (χ0v) is 9.52. The summed E-state index contributed by atoms with van der Waals surface area (Å²) in [4.78, 5) is 11.3. The van der Waals surface area contributed by atoms with Crippen LogP contribution in [0.5, 0.6) is 0 Å². The normalized spacial score (nSPS) is 10.5. The first kappa shape index (κ1) is 10.1. The maximum Gasteiger partial charge on any atom is 0.224 e. The number of carbonyl (C=O) groups is 1. The molecule has 1 aromatic heterocycles. The summed E-state index contributed by atoms with van der Waals surface area (Å²) in [6, 6.07) is 6.04. The van der Waals surface area contributed by atoms with Crippen molar-refractivity contribution in [2.24, 2.45) is 0 Å². The number of hydrogen-bond donors (Lipinski definition) is 1. The highest BCUT2D eigenvalue weighted by atomic mass is 32.1. The number of fused-ring (bicyclic) bond motifs is 1. The van der Waals surface area contributed by atoms with Crippen LogP contribution in [0.3, 0.4) is 0 Å².